The predicted octanol–water partition coefficient (Wildman–Crippen LogP) is 2.40. The lowest BCUT2D eigenvalue weighted by Crippen LogP contribution is -2.14. The lowest BCUT2D eigenvalue weighted by Gasteiger charge is -2.12. The van der Waals surface area contributed by atoms with Crippen molar-refractivity contribution in [3.8, 4) is 0 Å². The van der Waals surface area contributed by atoms with E-state index in [1.807, 2.05) is 0 Å². The van der Waals surface area contributed by atoms with Gasteiger partial charge in [0.15, 0.2) is 0 Å². The molecule has 0 aromatic heterocycles. The molecule has 94 valence electrons. The maximum absolute atomic E-state index is 12.6. The third-order valence-electron chi connectivity index (χ3n) is 1.97. The number of carbonyl (C=O) groups excluding carboxylic acids is 1. The molecule has 17 heavy (non-hydrogen) atoms. The van der Waals surface area contributed by atoms with Crippen molar-refractivity contribution in [3.05, 3.63) is 35.4 Å². The Balaban J connectivity index is 2.74. The number of esters is 1. The molecule has 1 aromatic rings. The monoisotopic (exact) mass is 248 g/mol. The molecule has 1 aromatic carbocycles. The Bertz CT molecular complexity index is 388. The number of halogens is 3. The van der Waals surface area contributed by atoms with Gasteiger partial charge in [0, 0.05) is 12.7 Å². The third-order valence-corrected chi connectivity index (χ3v) is 1.97. The fourth-order valence-electron chi connectivity index (χ4n) is 1.24. The SMILES string of the molecule is COCC(=O)OCc1ccccc1C(F)(F)F. The van der Waals surface area contributed by atoms with Crippen molar-refractivity contribution in [1.29, 1.82) is 0 Å². The number of carbonyl (C=O) groups is 1. The molecule has 3 nitrogen and oxygen atoms in total. The Morgan fingerprint density at radius 3 is 2.53 bits per heavy atom. The molecular weight excluding hydrogens is 237 g/mol. The molecule has 0 aliphatic rings. The van der Waals surface area contributed by atoms with Crippen molar-refractivity contribution in [2.24, 2.45) is 0 Å². The molecule has 1 rings (SSSR count). The van der Waals surface area contributed by atoms with Crippen molar-refractivity contribution in [1.82, 2.24) is 0 Å². The average molecular weight is 248 g/mol. The first kappa shape index (κ1) is 13.5. The lowest BCUT2D eigenvalue weighted by molar-refractivity contribution is -0.151. The zero-order valence-electron chi connectivity index (χ0n) is 9.08. The van der Waals surface area contributed by atoms with Gasteiger partial charge in [-0.2, -0.15) is 13.2 Å². The first-order valence-corrected chi connectivity index (χ1v) is 4.75. The van der Waals surface area contributed by atoms with E-state index in [9.17, 15) is 18.0 Å². The maximum atomic E-state index is 12.6. The van der Waals surface area contributed by atoms with Gasteiger partial charge in [-0.1, -0.05) is 18.2 Å². The molecular formula is C11H11F3O3. The van der Waals surface area contributed by atoms with Crippen molar-refractivity contribution >= 4 is 5.97 Å². The van der Waals surface area contributed by atoms with E-state index in [0.29, 0.717) is 0 Å². The van der Waals surface area contributed by atoms with Gasteiger partial charge in [-0.25, -0.2) is 4.79 Å². The van der Waals surface area contributed by atoms with E-state index in [-0.39, 0.29) is 12.2 Å². The van der Waals surface area contributed by atoms with Crippen LogP contribution in [0, 0.1) is 0 Å². The number of benzene rings is 1. The minimum atomic E-state index is -4.45. The van der Waals surface area contributed by atoms with Crippen molar-refractivity contribution < 1.29 is 27.4 Å². The van der Waals surface area contributed by atoms with Gasteiger partial charge in [0.2, 0.25) is 0 Å². The Kier molecular flexibility index (Phi) is 4.51. The van der Waals surface area contributed by atoms with E-state index in [0.717, 1.165) is 6.07 Å². The molecule has 0 amide bonds. The Hall–Kier alpha value is -1.56. The zero-order chi connectivity index (χ0) is 12.9. The average Bonchev–Trinajstić information content (AvgIpc) is 2.26. The highest BCUT2D eigenvalue weighted by Crippen LogP contribution is 2.32. The quantitative estimate of drug-likeness (QED) is 0.767. The number of methoxy groups -OCH3 is 1. The van der Waals surface area contributed by atoms with Crippen LogP contribution >= 0.6 is 0 Å². The van der Waals surface area contributed by atoms with E-state index in [1.54, 1.807) is 0 Å². The van der Waals surface area contributed by atoms with Crippen LogP contribution in [0.1, 0.15) is 11.1 Å². The number of rotatable bonds is 4. The van der Waals surface area contributed by atoms with E-state index in [1.165, 1.54) is 25.3 Å². The van der Waals surface area contributed by atoms with Crippen LogP contribution < -0.4 is 0 Å². The standard InChI is InChI=1S/C11H11F3O3/c1-16-7-10(15)17-6-8-4-2-3-5-9(8)11(12,13)14/h2-5H,6-7H2,1H3. The summed E-state index contributed by atoms with van der Waals surface area (Å²) in [7, 11) is 1.30. The summed E-state index contributed by atoms with van der Waals surface area (Å²) in [5.74, 6) is -0.704. The van der Waals surface area contributed by atoms with Crippen LogP contribution in [0.15, 0.2) is 24.3 Å². The van der Waals surface area contributed by atoms with Crippen LogP contribution in [-0.4, -0.2) is 19.7 Å². The summed E-state index contributed by atoms with van der Waals surface area (Å²) in [6.45, 7) is -0.702. The molecule has 0 radical (unpaired) electrons. The number of alkyl halides is 3. The van der Waals surface area contributed by atoms with Crippen LogP contribution in [0.3, 0.4) is 0 Å². The first-order chi connectivity index (χ1) is 7.95. The molecule has 6 heteroatoms. The lowest BCUT2D eigenvalue weighted by atomic mass is 10.1. The van der Waals surface area contributed by atoms with Gasteiger partial charge in [0.1, 0.15) is 13.2 Å². The molecule has 0 unspecified atom stereocenters. The van der Waals surface area contributed by atoms with Gasteiger partial charge >= 0.3 is 12.1 Å². The number of ether oxygens (including phenoxy) is 2. The van der Waals surface area contributed by atoms with Crippen LogP contribution in [0.2, 0.25) is 0 Å². The number of hydrogen-bond donors (Lipinski definition) is 0. The normalized spacial score (nSPS) is 11.3. The minimum Gasteiger partial charge on any atom is -0.459 e. The molecule has 0 heterocycles. The summed E-state index contributed by atoms with van der Waals surface area (Å²) in [6, 6.07) is 4.94. The van der Waals surface area contributed by atoms with E-state index < -0.39 is 24.3 Å². The van der Waals surface area contributed by atoms with Gasteiger partial charge in [0.05, 0.1) is 5.56 Å². The predicted molar refractivity (Wildman–Crippen MR) is 53.1 cm³/mol. The van der Waals surface area contributed by atoms with Crippen molar-refractivity contribution in [2.75, 3.05) is 13.7 Å². The van der Waals surface area contributed by atoms with Crippen LogP contribution in [-0.2, 0) is 27.1 Å². The molecule has 0 aliphatic carbocycles. The van der Waals surface area contributed by atoms with Gasteiger partial charge < -0.3 is 9.47 Å². The third kappa shape index (κ3) is 4.07. The van der Waals surface area contributed by atoms with E-state index in [4.69, 9.17) is 0 Å². The molecule has 0 atom stereocenters. The number of hydrogen-bond acceptors (Lipinski definition) is 3. The largest absolute Gasteiger partial charge is 0.459 e. The van der Waals surface area contributed by atoms with E-state index >= 15 is 0 Å². The van der Waals surface area contributed by atoms with Gasteiger partial charge in [0.25, 0.3) is 0 Å². The highest BCUT2D eigenvalue weighted by atomic mass is 19.4. The molecule has 0 spiro atoms. The molecule has 0 saturated carbocycles. The Morgan fingerprint density at radius 1 is 1.29 bits per heavy atom. The van der Waals surface area contributed by atoms with Crippen LogP contribution in [0.5, 0.6) is 0 Å². The summed E-state index contributed by atoms with van der Waals surface area (Å²) in [6.07, 6.45) is -4.45. The van der Waals surface area contributed by atoms with Crippen LogP contribution in [0.4, 0.5) is 13.2 Å². The first-order valence-electron chi connectivity index (χ1n) is 4.75. The molecule has 0 fully saturated rings. The molecule has 0 bridgehead atoms. The molecule has 0 aliphatic heterocycles. The smallest absolute Gasteiger partial charge is 0.416 e. The highest BCUT2D eigenvalue weighted by Gasteiger charge is 2.33. The maximum Gasteiger partial charge on any atom is 0.416 e. The van der Waals surface area contributed by atoms with E-state index in [2.05, 4.69) is 9.47 Å². The summed E-state index contributed by atoms with van der Waals surface area (Å²) < 4.78 is 46.8. The highest BCUT2D eigenvalue weighted by molar-refractivity contribution is 5.70. The Morgan fingerprint density at radius 2 is 1.94 bits per heavy atom. The summed E-state index contributed by atoms with van der Waals surface area (Å²) >= 11 is 0. The summed E-state index contributed by atoms with van der Waals surface area (Å²) in [5.41, 5.74) is -0.880. The van der Waals surface area contributed by atoms with Gasteiger partial charge in [-0.15, -0.1) is 0 Å². The summed E-state index contributed by atoms with van der Waals surface area (Å²) in [5, 5.41) is 0. The second-order valence-electron chi connectivity index (χ2n) is 3.25. The topological polar surface area (TPSA) is 35.5 Å². The second kappa shape index (κ2) is 5.67. The fraction of sp³-hybridized carbons (Fsp3) is 0.364. The minimum absolute atomic E-state index is 0.0792. The van der Waals surface area contributed by atoms with Crippen molar-refractivity contribution in [3.63, 3.8) is 0 Å². The molecule has 0 N–H and O–H groups in total. The van der Waals surface area contributed by atoms with Crippen LogP contribution in [0.25, 0.3) is 0 Å². The van der Waals surface area contributed by atoms with Gasteiger partial charge in [-0.3, -0.25) is 0 Å². The fourth-order valence-corrected chi connectivity index (χ4v) is 1.24. The zero-order valence-corrected chi connectivity index (χ0v) is 9.08. The van der Waals surface area contributed by atoms with Crippen molar-refractivity contribution in [2.45, 2.75) is 12.8 Å². The Labute approximate surface area is 96.1 Å². The second-order valence-corrected chi connectivity index (χ2v) is 3.25. The molecule has 0 saturated heterocycles. The summed E-state index contributed by atoms with van der Waals surface area (Å²) in [4.78, 5) is 10.9. The van der Waals surface area contributed by atoms with Gasteiger partial charge in [-0.05, 0) is 6.07 Å².